The molecular formula is C10H17ClN4O2S. The van der Waals surface area contributed by atoms with Gasteiger partial charge in [-0.05, 0) is 19.9 Å². The molecular weight excluding hydrogens is 276 g/mol. The zero-order valence-electron chi connectivity index (χ0n) is 10.5. The van der Waals surface area contributed by atoms with Gasteiger partial charge in [0.2, 0.25) is 10.0 Å². The van der Waals surface area contributed by atoms with E-state index in [2.05, 4.69) is 10.4 Å². The van der Waals surface area contributed by atoms with Gasteiger partial charge in [-0.2, -0.15) is 9.40 Å². The van der Waals surface area contributed by atoms with Gasteiger partial charge in [0, 0.05) is 26.7 Å². The van der Waals surface area contributed by atoms with Crippen molar-refractivity contribution in [2.24, 2.45) is 7.05 Å². The first kappa shape index (κ1) is 13.8. The number of nitrogens with one attached hydrogen (secondary N) is 1. The van der Waals surface area contributed by atoms with E-state index in [-0.39, 0.29) is 10.0 Å². The molecule has 0 atom stereocenters. The number of hydrogen-bond donors (Lipinski definition) is 1. The van der Waals surface area contributed by atoms with Gasteiger partial charge in [0.15, 0.2) is 0 Å². The van der Waals surface area contributed by atoms with Gasteiger partial charge in [-0.3, -0.25) is 4.68 Å². The van der Waals surface area contributed by atoms with Crippen LogP contribution in [-0.4, -0.2) is 48.7 Å². The van der Waals surface area contributed by atoms with Crippen molar-refractivity contribution in [2.75, 3.05) is 26.2 Å². The molecule has 1 aliphatic rings. The van der Waals surface area contributed by atoms with Crippen molar-refractivity contribution in [3.8, 4) is 0 Å². The maximum atomic E-state index is 12.6. The number of halogens is 1. The molecule has 2 rings (SSSR count). The number of nitrogens with zero attached hydrogens (tertiary/aromatic N) is 3. The van der Waals surface area contributed by atoms with Gasteiger partial charge in [-0.25, -0.2) is 8.42 Å². The van der Waals surface area contributed by atoms with Gasteiger partial charge in [-0.15, -0.1) is 0 Å². The predicted octanol–water partition coefficient (Wildman–Crippen LogP) is 0.366. The van der Waals surface area contributed by atoms with E-state index in [9.17, 15) is 8.42 Å². The third-order valence-electron chi connectivity index (χ3n) is 3.00. The largest absolute Gasteiger partial charge is 0.315 e. The highest BCUT2D eigenvalue weighted by Crippen LogP contribution is 2.27. The average Bonchev–Trinajstić information content (AvgIpc) is 2.51. The summed E-state index contributed by atoms with van der Waals surface area (Å²) in [6, 6.07) is 0. The minimum Gasteiger partial charge on any atom is -0.315 e. The summed E-state index contributed by atoms with van der Waals surface area (Å²) in [5.74, 6) is 0. The van der Waals surface area contributed by atoms with Crippen LogP contribution in [0.1, 0.15) is 12.1 Å². The number of aryl methyl sites for hydroxylation is 2. The van der Waals surface area contributed by atoms with Crippen molar-refractivity contribution >= 4 is 21.6 Å². The third-order valence-corrected chi connectivity index (χ3v) is 5.59. The summed E-state index contributed by atoms with van der Waals surface area (Å²) >= 11 is 6.04. The molecule has 0 amide bonds. The molecule has 1 aliphatic heterocycles. The fourth-order valence-electron chi connectivity index (χ4n) is 2.09. The fourth-order valence-corrected chi connectivity index (χ4v) is 4.28. The van der Waals surface area contributed by atoms with E-state index in [1.54, 1.807) is 14.0 Å². The first-order valence-electron chi connectivity index (χ1n) is 5.84. The second kappa shape index (κ2) is 5.16. The molecule has 0 aliphatic carbocycles. The molecule has 1 aromatic rings. The normalized spacial score (nSPS) is 18.8. The summed E-state index contributed by atoms with van der Waals surface area (Å²) < 4.78 is 28.0. The molecule has 1 N–H and O–H groups in total. The van der Waals surface area contributed by atoms with Crippen LogP contribution in [0.5, 0.6) is 0 Å². The Kier molecular flexibility index (Phi) is 3.96. The van der Waals surface area contributed by atoms with Crippen molar-refractivity contribution < 1.29 is 8.42 Å². The van der Waals surface area contributed by atoms with Crippen LogP contribution < -0.4 is 5.32 Å². The lowest BCUT2D eigenvalue weighted by molar-refractivity contribution is 0.431. The first-order chi connectivity index (χ1) is 8.44. The zero-order chi connectivity index (χ0) is 13.3. The number of rotatable bonds is 2. The van der Waals surface area contributed by atoms with Crippen LogP contribution in [0.25, 0.3) is 0 Å². The van der Waals surface area contributed by atoms with Crippen molar-refractivity contribution in [2.45, 2.75) is 18.2 Å². The van der Waals surface area contributed by atoms with E-state index in [0.717, 1.165) is 13.0 Å². The number of aromatic nitrogens is 2. The first-order valence-corrected chi connectivity index (χ1v) is 7.66. The summed E-state index contributed by atoms with van der Waals surface area (Å²) in [5.41, 5.74) is 0.444. The maximum Gasteiger partial charge on any atom is 0.248 e. The lowest BCUT2D eigenvalue weighted by Crippen LogP contribution is -2.34. The standard InChI is InChI=1S/C10H17ClN4O2S/c1-8-9(10(11)14(2)13-8)18(16,17)15-6-3-4-12-5-7-15/h12H,3-7H2,1-2H3. The van der Waals surface area contributed by atoms with Gasteiger partial charge in [0.05, 0.1) is 5.69 Å². The Hall–Kier alpha value is -0.630. The van der Waals surface area contributed by atoms with Crippen molar-refractivity contribution in [1.82, 2.24) is 19.4 Å². The smallest absolute Gasteiger partial charge is 0.248 e. The Morgan fingerprint density at radius 3 is 2.67 bits per heavy atom. The molecule has 0 bridgehead atoms. The molecule has 1 aromatic heterocycles. The molecule has 18 heavy (non-hydrogen) atoms. The van der Waals surface area contributed by atoms with Gasteiger partial charge >= 0.3 is 0 Å². The van der Waals surface area contributed by atoms with Gasteiger partial charge in [0.25, 0.3) is 0 Å². The highest BCUT2D eigenvalue weighted by molar-refractivity contribution is 7.89. The Morgan fingerprint density at radius 2 is 2.06 bits per heavy atom. The Bertz CT molecular complexity index is 532. The quantitative estimate of drug-likeness (QED) is 0.855. The monoisotopic (exact) mass is 292 g/mol. The summed E-state index contributed by atoms with van der Waals surface area (Å²) in [6.45, 7) is 4.14. The van der Waals surface area contributed by atoms with E-state index in [1.807, 2.05) is 0 Å². The summed E-state index contributed by atoms with van der Waals surface area (Å²) in [4.78, 5) is 0.133. The van der Waals surface area contributed by atoms with Crippen LogP contribution in [0.3, 0.4) is 0 Å². The predicted molar refractivity (Wildman–Crippen MR) is 69.2 cm³/mol. The Morgan fingerprint density at radius 1 is 1.33 bits per heavy atom. The van der Waals surface area contributed by atoms with Crippen LogP contribution in [0.2, 0.25) is 5.15 Å². The molecule has 1 saturated heterocycles. The maximum absolute atomic E-state index is 12.6. The van der Waals surface area contributed by atoms with E-state index >= 15 is 0 Å². The highest BCUT2D eigenvalue weighted by Gasteiger charge is 2.31. The molecule has 8 heteroatoms. The van der Waals surface area contributed by atoms with E-state index in [1.165, 1.54) is 8.99 Å². The van der Waals surface area contributed by atoms with Crippen molar-refractivity contribution in [3.63, 3.8) is 0 Å². The zero-order valence-corrected chi connectivity index (χ0v) is 12.1. The molecule has 0 aromatic carbocycles. The highest BCUT2D eigenvalue weighted by atomic mass is 35.5. The van der Waals surface area contributed by atoms with Crippen LogP contribution >= 0.6 is 11.6 Å². The van der Waals surface area contributed by atoms with Crippen LogP contribution in [-0.2, 0) is 17.1 Å². The van der Waals surface area contributed by atoms with Gasteiger partial charge in [-0.1, -0.05) is 11.6 Å². The third kappa shape index (κ3) is 2.40. The molecule has 6 nitrogen and oxygen atoms in total. The molecule has 102 valence electrons. The minimum atomic E-state index is -3.55. The lowest BCUT2D eigenvalue weighted by atomic mass is 10.4. The van der Waals surface area contributed by atoms with E-state index in [4.69, 9.17) is 11.6 Å². The minimum absolute atomic E-state index is 0.133. The molecule has 0 spiro atoms. The fraction of sp³-hybridized carbons (Fsp3) is 0.700. The second-order valence-corrected chi connectivity index (χ2v) is 6.57. The number of hydrogen-bond acceptors (Lipinski definition) is 4. The Labute approximate surface area is 112 Å². The van der Waals surface area contributed by atoms with Gasteiger partial charge in [0.1, 0.15) is 10.0 Å². The second-order valence-electron chi connectivity index (χ2n) is 4.34. The molecule has 0 radical (unpaired) electrons. The van der Waals surface area contributed by atoms with E-state index in [0.29, 0.717) is 25.3 Å². The van der Waals surface area contributed by atoms with Gasteiger partial charge < -0.3 is 5.32 Å². The van der Waals surface area contributed by atoms with Crippen LogP contribution in [0.15, 0.2) is 4.90 Å². The topological polar surface area (TPSA) is 67.2 Å². The summed E-state index contributed by atoms with van der Waals surface area (Å²) in [6.07, 6.45) is 0.802. The average molecular weight is 293 g/mol. The van der Waals surface area contributed by atoms with Crippen LogP contribution in [0, 0.1) is 6.92 Å². The number of sulfonamides is 1. The van der Waals surface area contributed by atoms with Crippen molar-refractivity contribution in [1.29, 1.82) is 0 Å². The molecule has 1 fully saturated rings. The summed E-state index contributed by atoms with van der Waals surface area (Å²) in [5, 5.41) is 7.40. The molecule has 0 unspecified atom stereocenters. The SMILES string of the molecule is Cc1nn(C)c(Cl)c1S(=O)(=O)N1CCCNCC1. The van der Waals surface area contributed by atoms with E-state index < -0.39 is 10.0 Å². The molecule has 2 heterocycles. The molecule has 0 saturated carbocycles. The van der Waals surface area contributed by atoms with Crippen LogP contribution in [0.4, 0.5) is 0 Å². The van der Waals surface area contributed by atoms with Crippen molar-refractivity contribution in [3.05, 3.63) is 10.8 Å². The lowest BCUT2D eigenvalue weighted by Gasteiger charge is -2.19. The Balaban J connectivity index is 2.40. The summed E-state index contributed by atoms with van der Waals surface area (Å²) in [7, 11) is -1.91.